The average Bonchev–Trinajstić information content (AvgIpc) is 2.34. The molecule has 0 aromatic heterocycles. The number of amides is 1. The summed E-state index contributed by atoms with van der Waals surface area (Å²) in [6, 6.07) is 9.79. The molecule has 1 heterocycles. The van der Waals surface area contributed by atoms with Crippen LogP contribution in [-0.4, -0.2) is 19.0 Å². The molecule has 1 aromatic rings. The maximum atomic E-state index is 12.1. The molecule has 2 N–H and O–H groups in total. The molecule has 1 unspecified atom stereocenters. The number of carbonyl (C=O) groups excluding carboxylic acids is 1. The summed E-state index contributed by atoms with van der Waals surface area (Å²) in [6.45, 7) is 5.21. The summed E-state index contributed by atoms with van der Waals surface area (Å²) >= 11 is 0. The van der Waals surface area contributed by atoms with Crippen molar-refractivity contribution in [2.24, 2.45) is 0 Å². The van der Waals surface area contributed by atoms with Crippen LogP contribution in [0.5, 0.6) is 0 Å². The van der Waals surface area contributed by atoms with Gasteiger partial charge in [-0.1, -0.05) is 36.4 Å². The fourth-order valence-corrected chi connectivity index (χ4v) is 2.14. The lowest BCUT2D eigenvalue weighted by atomic mass is 9.84. The zero-order valence-electron chi connectivity index (χ0n) is 9.20. The summed E-state index contributed by atoms with van der Waals surface area (Å²) in [5, 5.41) is 6.22. The van der Waals surface area contributed by atoms with Crippen molar-refractivity contribution >= 4 is 5.91 Å². The van der Waals surface area contributed by atoms with Crippen LogP contribution in [0.3, 0.4) is 0 Å². The quantitative estimate of drug-likeness (QED) is 0.745. The molecular formula is C13H16N2O. The van der Waals surface area contributed by atoms with Gasteiger partial charge in [0, 0.05) is 13.1 Å². The van der Waals surface area contributed by atoms with Crippen molar-refractivity contribution in [3.63, 3.8) is 0 Å². The van der Waals surface area contributed by atoms with Crippen molar-refractivity contribution in [3.8, 4) is 0 Å². The van der Waals surface area contributed by atoms with Gasteiger partial charge in [0.2, 0.25) is 5.91 Å². The predicted molar refractivity (Wildman–Crippen MR) is 63.9 cm³/mol. The minimum absolute atomic E-state index is 0.0323. The highest BCUT2D eigenvalue weighted by Crippen LogP contribution is 2.27. The molecule has 16 heavy (non-hydrogen) atoms. The van der Waals surface area contributed by atoms with E-state index in [1.165, 1.54) is 0 Å². The smallest absolute Gasteiger partial charge is 0.245 e. The third-order valence-corrected chi connectivity index (χ3v) is 2.94. The Morgan fingerprint density at radius 3 is 2.69 bits per heavy atom. The van der Waals surface area contributed by atoms with Crippen LogP contribution in [0, 0.1) is 0 Å². The summed E-state index contributed by atoms with van der Waals surface area (Å²) in [4.78, 5) is 12.1. The van der Waals surface area contributed by atoms with E-state index >= 15 is 0 Å². The molecule has 84 valence electrons. The number of carbonyl (C=O) groups is 1. The topological polar surface area (TPSA) is 41.1 Å². The molecule has 1 fully saturated rings. The van der Waals surface area contributed by atoms with Crippen LogP contribution >= 0.6 is 0 Å². The molecule has 2 rings (SSSR count). The molecular weight excluding hydrogens is 200 g/mol. The zero-order valence-corrected chi connectivity index (χ0v) is 9.20. The third-order valence-electron chi connectivity index (χ3n) is 2.94. The highest BCUT2D eigenvalue weighted by atomic mass is 16.2. The molecule has 1 saturated heterocycles. The Bertz CT molecular complexity index is 388. The number of piperazine rings is 1. The Morgan fingerprint density at radius 2 is 2.06 bits per heavy atom. The SMILES string of the molecule is C=CCC1(c2ccccc2)NCCNC1=O. The Labute approximate surface area is 95.6 Å². The van der Waals surface area contributed by atoms with Gasteiger partial charge >= 0.3 is 0 Å². The van der Waals surface area contributed by atoms with Crippen LogP contribution in [0.2, 0.25) is 0 Å². The lowest BCUT2D eigenvalue weighted by molar-refractivity contribution is -0.129. The second-order valence-corrected chi connectivity index (χ2v) is 3.95. The van der Waals surface area contributed by atoms with Crippen LogP contribution in [-0.2, 0) is 10.3 Å². The van der Waals surface area contributed by atoms with Crippen LogP contribution in [0.15, 0.2) is 43.0 Å². The van der Waals surface area contributed by atoms with E-state index in [0.29, 0.717) is 13.0 Å². The highest BCUT2D eigenvalue weighted by molar-refractivity contribution is 5.88. The lowest BCUT2D eigenvalue weighted by Crippen LogP contribution is -2.60. The third kappa shape index (κ3) is 1.74. The van der Waals surface area contributed by atoms with E-state index in [1.54, 1.807) is 6.08 Å². The van der Waals surface area contributed by atoms with Gasteiger partial charge in [-0.05, 0) is 12.0 Å². The van der Waals surface area contributed by atoms with Crippen LogP contribution in [0.1, 0.15) is 12.0 Å². The number of rotatable bonds is 3. The van der Waals surface area contributed by atoms with E-state index in [0.717, 1.165) is 12.1 Å². The second kappa shape index (κ2) is 4.49. The predicted octanol–water partition coefficient (Wildman–Crippen LogP) is 1.18. The first kappa shape index (κ1) is 10.9. The Kier molecular flexibility index (Phi) is 3.06. The monoisotopic (exact) mass is 216 g/mol. The maximum Gasteiger partial charge on any atom is 0.245 e. The fraction of sp³-hybridized carbons (Fsp3) is 0.308. The summed E-state index contributed by atoms with van der Waals surface area (Å²) in [6.07, 6.45) is 2.38. The Morgan fingerprint density at radius 1 is 1.31 bits per heavy atom. The maximum absolute atomic E-state index is 12.1. The van der Waals surface area contributed by atoms with E-state index in [2.05, 4.69) is 17.2 Å². The van der Waals surface area contributed by atoms with Crippen molar-refractivity contribution in [1.29, 1.82) is 0 Å². The first-order chi connectivity index (χ1) is 7.79. The van der Waals surface area contributed by atoms with Crippen LogP contribution in [0.4, 0.5) is 0 Å². The molecule has 0 spiro atoms. The van der Waals surface area contributed by atoms with Gasteiger partial charge in [0.25, 0.3) is 0 Å². The van der Waals surface area contributed by atoms with Crippen molar-refractivity contribution in [2.45, 2.75) is 12.0 Å². The Balaban J connectivity index is 2.41. The standard InChI is InChI=1S/C13H16N2O/c1-2-8-13(11-6-4-3-5-7-11)12(16)14-9-10-15-13/h2-7,15H,1,8-10H2,(H,14,16). The second-order valence-electron chi connectivity index (χ2n) is 3.95. The first-order valence-corrected chi connectivity index (χ1v) is 5.49. The number of benzene rings is 1. The van der Waals surface area contributed by atoms with Crippen molar-refractivity contribution in [3.05, 3.63) is 48.6 Å². The van der Waals surface area contributed by atoms with E-state index in [4.69, 9.17) is 0 Å². The molecule has 0 saturated carbocycles. The summed E-state index contributed by atoms with van der Waals surface area (Å²) < 4.78 is 0. The Hall–Kier alpha value is -1.61. The van der Waals surface area contributed by atoms with Gasteiger partial charge in [-0.25, -0.2) is 0 Å². The van der Waals surface area contributed by atoms with Crippen LogP contribution < -0.4 is 10.6 Å². The molecule has 1 aromatic carbocycles. The summed E-state index contributed by atoms with van der Waals surface area (Å²) in [5.41, 5.74) is 0.355. The summed E-state index contributed by atoms with van der Waals surface area (Å²) in [7, 11) is 0. The lowest BCUT2D eigenvalue weighted by Gasteiger charge is -2.37. The molecule has 0 radical (unpaired) electrons. The zero-order chi connectivity index (χ0) is 11.4. The molecule has 3 nitrogen and oxygen atoms in total. The average molecular weight is 216 g/mol. The molecule has 0 bridgehead atoms. The van der Waals surface area contributed by atoms with Gasteiger partial charge in [0.05, 0.1) is 0 Å². The normalized spacial score (nSPS) is 24.9. The van der Waals surface area contributed by atoms with E-state index in [1.807, 2.05) is 30.3 Å². The van der Waals surface area contributed by atoms with Gasteiger partial charge in [0.15, 0.2) is 0 Å². The minimum atomic E-state index is -0.638. The molecule has 1 aliphatic rings. The van der Waals surface area contributed by atoms with Crippen molar-refractivity contribution in [1.82, 2.24) is 10.6 Å². The summed E-state index contributed by atoms with van der Waals surface area (Å²) in [5.74, 6) is 0.0323. The number of hydrogen-bond acceptors (Lipinski definition) is 2. The van der Waals surface area contributed by atoms with Crippen LogP contribution in [0.25, 0.3) is 0 Å². The highest BCUT2D eigenvalue weighted by Gasteiger charge is 2.40. The van der Waals surface area contributed by atoms with E-state index in [-0.39, 0.29) is 5.91 Å². The van der Waals surface area contributed by atoms with Gasteiger partial charge in [-0.15, -0.1) is 6.58 Å². The largest absolute Gasteiger partial charge is 0.353 e. The first-order valence-electron chi connectivity index (χ1n) is 5.49. The molecule has 1 atom stereocenters. The van der Waals surface area contributed by atoms with Crippen molar-refractivity contribution in [2.75, 3.05) is 13.1 Å². The van der Waals surface area contributed by atoms with Gasteiger partial charge in [-0.3, -0.25) is 10.1 Å². The fourth-order valence-electron chi connectivity index (χ4n) is 2.14. The molecule has 1 aliphatic heterocycles. The van der Waals surface area contributed by atoms with E-state index in [9.17, 15) is 4.79 Å². The van der Waals surface area contributed by atoms with Gasteiger partial charge in [0.1, 0.15) is 5.54 Å². The molecule has 3 heteroatoms. The number of hydrogen-bond donors (Lipinski definition) is 2. The molecule has 0 aliphatic carbocycles. The minimum Gasteiger partial charge on any atom is -0.353 e. The van der Waals surface area contributed by atoms with Crippen molar-refractivity contribution < 1.29 is 4.79 Å². The molecule has 1 amide bonds. The van der Waals surface area contributed by atoms with Gasteiger partial charge in [-0.2, -0.15) is 0 Å². The van der Waals surface area contributed by atoms with Gasteiger partial charge < -0.3 is 5.32 Å². The van der Waals surface area contributed by atoms with E-state index < -0.39 is 5.54 Å². The number of nitrogens with one attached hydrogen (secondary N) is 2.